The predicted octanol–water partition coefficient (Wildman–Crippen LogP) is 7.90. The Bertz CT molecular complexity index is 1090. The van der Waals surface area contributed by atoms with Gasteiger partial charge in [-0.05, 0) is 62.2 Å². The molecule has 0 aliphatic rings. The first-order chi connectivity index (χ1) is 15.3. The molecule has 0 fully saturated rings. The maximum atomic E-state index is 13.0. The van der Waals surface area contributed by atoms with Gasteiger partial charge in [0.25, 0.3) is 0 Å². The third kappa shape index (κ3) is 6.15. The largest absolute Gasteiger partial charge is 0.494 e. The van der Waals surface area contributed by atoms with E-state index in [1.54, 1.807) is 19.1 Å². The summed E-state index contributed by atoms with van der Waals surface area (Å²) in [5.41, 5.74) is -0.278. The number of fused-ring (bicyclic) bond motifs is 1. The van der Waals surface area contributed by atoms with Crippen LogP contribution >= 0.6 is 15.9 Å². The smallest absolute Gasteiger partial charge is 0.416 e. The molecule has 0 N–H and O–H groups in total. The molecule has 0 radical (unpaired) electrons. The van der Waals surface area contributed by atoms with Gasteiger partial charge < -0.3 is 9.15 Å². The molecule has 0 saturated carbocycles. The van der Waals surface area contributed by atoms with Gasteiger partial charge in [0.05, 0.1) is 17.6 Å². The van der Waals surface area contributed by atoms with Gasteiger partial charge in [0.1, 0.15) is 17.1 Å². The van der Waals surface area contributed by atoms with Crippen molar-refractivity contribution in [3.8, 4) is 17.1 Å². The van der Waals surface area contributed by atoms with Gasteiger partial charge in [0, 0.05) is 16.5 Å². The second kappa shape index (κ2) is 11.0. The Labute approximate surface area is 193 Å². The van der Waals surface area contributed by atoms with E-state index in [2.05, 4.69) is 15.9 Å². The van der Waals surface area contributed by atoms with Crippen molar-refractivity contribution in [3.05, 3.63) is 63.8 Å². The van der Waals surface area contributed by atoms with E-state index in [4.69, 9.17) is 9.15 Å². The molecule has 7 heteroatoms. The van der Waals surface area contributed by atoms with Crippen molar-refractivity contribution >= 4 is 26.9 Å². The first kappa shape index (κ1) is 24.4. The van der Waals surface area contributed by atoms with Gasteiger partial charge >= 0.3 is 6.18 Å². The summed E-state index contributed by atoms with van der Waals surface area (Å²) in [5.74, 6) is 1.07. The van der Waals surface area contributed by atoms with Crippen molar-refractivity contribution in [2.45, 2.75) is 51.6 Å². The van der Waals surface area contributed by atoms with Crippen LogP contribution in [0.25, 0.3) is 22.3 Å². The first-order valence-corrected chi connectivity index (χ1v) is 11.9. The van der Waals surface area contributed by atoms with Gasteiger partial charge in [-0.25, -0.2) is 0 Å². The quantitative estimate of drug-likeness (QED) is 0.205. The zero-order valence-electron chi connectivity index (χ0n) is 17.9. The zero-order valence-corrected chi connectivity index (χ0v) is 19.5. The summed E-state index contributed by atoms with van der Waals surface area (Å²) in [4.78, 5) is 12.7. The highest BCUT2D eigenvalue weighted by Crippen LogP contribution is 2.33. The number of alkyl halides is 4. The molecule has 0 aliphatic heterocycles. The highest BCUT2D eigenvalue weighted by atomic mass is 79.9. The summed E-state index contributed by atoms with van der Waals surface area (Å²) < 4.78 is 50.5. The summed E-state index contributed by atoms with van der Waals surface area (Å²) >= 11 is 3.44. The number of ether oxygens (including phenoxy) is 1. The van der Waals surface area contributed by atoms with Gasteiger partial charge in [-0.1, -0.05) is 41.6 Å². The zero-order chi connectivity index (χ0) is 23.1. The lowest BCUT2D eigenvalue weighted by atomic mass is 10.0. The Morgan fingerprint density at radius 2 is 1.59 bits per heavy atom. The normalized spacial score (nSPS) is 11.8. The van der Waals surface area contributed by atoms with Crippen molar-refractivity contribution in [1.82, 2.24) is 0 Å². The van der Waals surface area contributed by atoms with Crippen LogP contribution in [-0.4, -0.2) is 11.9 Å². The average Bonchev–Trinajstić information content (AvgIpc) is 2.77. The third-order valence-electron chi connectivity index (χ3n) is 5.36. The standard InChI is InChI=1S/C25H26BrF3O3/c1-17-23(30)21-16-19(25(27,28)29)10-13-22(21)32-24(17)18-8-11-20(12-9-18)31-15-7-5-3-2-4-6-14-26/h8-13,16H,2-7,14-15H2,1H3. The minimum atomic E-state index is -4.52. The van der Waals surface area contributed by atoms with E-state index < -0.39 is 17.2 Å². The Balaban J connectivity index is 1.67. The summed E-state index contributed by atoms with van der Waals surface area (Å²) in [6.07, 6.45) is 2.53. The number of rotatable bonds is 10. The van der Waals surface area contributed by atoms with Crippen molar-refractivity contribution in [3.63, 3.8) is 0 Å². The molecule has 0 amide bonds. The molecule has 32 heavy (non-hydrogen) atoms. The highest BCUT2D eigenvalue weighted by Gasteiger charge is 2.31. The van der Waals surface area contributed by atoms with Gasteiger partial charge in [-0.2, -0.15) is 13.2 Å². The molecule has 3 nitrogen and oxygen atoms in total. The molecule has 172 valence electrons. The summed E-state index contributed by atoms with van der Waals surface area (Å²) in [6, 6.07) is 10.1. The van der Waals surface area contributed by atoms with E-state index in [-0.39, 0.29) is 16.5 Å². The van der Waals surface area contributed by atoms with Crippen LogP contribution in [0.4, 0.5) is 13.2 Å². The van der Waals surface area contributed by atoms with E-state index in [0.717, 1.165) is 36.1 Å². The lowest BCUT2D eigenvalue weighted by Crippen LogP contribution is -2.10. The van der Waals surface area contributed by atoms with Crippen LogP contribution in [0.15, 0.2) is 51.7 Å². The second-order valence-electron chi connectivity index (χ2n) is 7.78. The molecule has 3 rings (SSSR count). The Kier molecular flexibility index (Phi) is 8.40. The maximum absolute atomic E-state index is 13.0. The van der Waals surface area contributed by atoms with E-state index in [1.165, 1.54) is 31.7 Å². The number of hydrogen-bond donors (Lipinski definition) is 0. The summed E-state index contributed by atoms with van der Waals surface area (Å²) in [5, 5.41) is 0.987. The molecule has 1 heterocycles. The Morgan fingerprint density at radius 3 is 2.25 bits per heavy atom. The molecule has 3 aromatic rings. The van der Waals surface area contributed by atoms with Crippen molar-refractivity contribution < 1.29 is 22.3 Å². The molecule has 0 saturated heterocycles. The molecule has 0 aliphatic carbocycles. The SMILES string of the molecule is Cc1c(-c2ccc(OCCCCCCCCBr)cc2)oc2ccc(C(F)(F)F)cc2c1=O. The van der Waals surface area contributed by atoms with E-state index in [9.17, 15) is 18.0 Å². The van der Waals surface area contributed by atoms with Gasteiger partial charge in [0.2, 0.25) is 0 Å². The number of benzene rings is 2. The minimum Gasteiger partial charge on any atom is -0.494 e. The van der Waals surface area contributed by atoms with Crippen LogP contribution < -0.4 is 10.2 Å². The fraction of sp³-hybridized carbons (Fsp3) is 0.400. The fourth-order valence-electron chi connectivity index (χ4n) is 3.54. The summed E-state index contributed by atoms with van der Waals surface area (Å²) in [6.45, 7) is 2.20. The molecule has 0 atom stereocenters. The van der Waals surface area contributed by atoms with Crippen molar-refractivity contribution in [2.24, 2.45) is 0 Å². The topological polar surface area (TPSA) is 39.4 Å². The second-order valence-corrected chi connectivity index (χ2v) is 8.57. The molecular formula is C25H26BrF3O3. The maximum Gasteiger partial charge on any atom is 0.416 e. The van der Waals surface area contributed by atoms with Crippen LogP contribution in [0.5, 0.6) is 5.75 Å². The molecule has 0 unspecified atom stereocenters. The molecule has 1 aromatic heterocycles. The Morgan fingerprint density at radius 1 is 0.938 bits per heavy atom. The van der Waals surface area contributed by atoms with Crippen molar-refractivity contribution in [2.75, 3.05) is 11.9 Å². The van der Waals surface area contributed by atoms with Crippen molar-refractivity contribution in [1.29, 1.82) is 0 Å². The number of halogens is 4. The molecule has 0 bridgehead atoms. The predicted molar refractivity (Wildman–Crippen MR) is 125 cm³/mol. The summed E-state index contributed by atoms with van der Waals surface area (Å²) in [7, 11) is 0. The van der Waals surface area contributed by atoms with Crippen LogP contribution in [0.2, 0.25) is 0 Å². The monoisotopic (exact) mass is 510 g/mol. The van der Waals surface area contributed by atoms with Crippen LogP contribution in [0.1, 0.15) is 49.7 Å². The van der Waals surface area contributed by atoms with Crippen LogP contribution in [-0.2, 0) is 6.18 Å². The highest BCUT2D eigenvalue weighted by molar-refractivity contribution is 9.09. The average molecular weight is 511 g/mol. The number of hydrogen-bond acceptors (Lipinski definition) is 3. The Hall–Kier alpha value is -2.28. The lowest BCUT2D eigenvalue weighted by Gasteiger charge is -2.11. The third-order valence-corrected chi connectivity index (χ3v) is 5.92. The van der Waals surface area contributed by atoms with Crippen LogP contribution in [0.3, 0.4) is 0 Å². The van der Waals surface area contributed by atoms with E-state index >= 15 is 0 Å². The molecule has 2 aromatic carbocycles. The number of unbranched alkanes of at least 4 members (excludes halogenated alkanes) is 5. The van der Waals surface area contributed by atoms with Gasteiger partial charge in [-0.3, -0.25) is 4.79 Å². The fourth-order valence-corrected chi connectivity index (χ4v) is 3.93. The minimum absolute atomic E-state index is 0.0757. The van der Waals surface area contributed by atoms with E-state index in [0.29, 0.717) is 17.9 Å². The molecular weight excluding hydrogens is 485 g/mol. The molecule has 0 spiro atoms. The first-order valence-electron chi connectivity index (χ1n) is 10.7. The van der Waals surface area contributed by atoms with Gasteiger partial charge in [-0.15, -0.1) is 0 Å². The van der Waals surface area contributed by atoms with Crippen LogP contribution in [0, 0.1) is 6.92 Å². The van der Waals surface area contributed by atoms with E-state index in [1.807, 2.05) is 12.1 Å². The van der Waals surface area contributed by atoms with Gasteiger partial charge in [0.15, 0.2) is 5.43 Å². The lowest BCUT2D eigenvalue weighted by molar-refractivity contribution is -0.137.